The fourth-order valence-corrected chi connectivity index (χ4v) is 0.927. The first-order valence-electron chi connectivity index (χ1n) is 4.95. The molecule has 0 bridgehead atoms. The van der Waals surface area contributed by atoms with Gasteiger partial charge in [-0.2, -0.15) is 0 Å². The third kappa shape index (κ3) is 9.08. The zero-order chi connectivity index (χ0) is 11.0. The van der Waals surface area contributed by atoms with Crippen LogP contribution in [0, 0.1) is 12.3 Å². The average Bonchev–Trinajstić information content (AvgIpc) is 2.08. The lowest BCUT2D eigenvalue weighted by Crippen LogP contribution is -2.45. The van der Waals surface area contributed by atoms with Crippen molar-refractivity contribution in [3.8, 4) is 12.3 Å². The van der Waals surface area contributed by atoms with Gasteiger partial charge in [-0.1, -0.05) is 0 Å². The van der Waals surface area contributed by atoms with E-state index in [-0.39, 0.29) is 11.4 Å². The van der Waals surface area contributed by atoms with E-state index in [1.165, 1.54) is 0 Å². The SMILES string of the molecule is C#CCCCCC(=O)NCC(C)(C)N. The van der Waals surface area contributed by atoms with Crippen LogP contribution >= 0.6 is 0 Å². The van der Waals surface area contributed by atoms with Crippen LogP contribution in [-0.4, -0.2) is 18.0 Å². The Morgan fingerprint density at radius 3 is 2.64 bits per heavy atom. The van der Waals surface area contributed by atoms with Crippen molar-refractivity contribution in [2.45, 2.75) is 45.1 Å². The molecule has 3 nitrogen and oxygen atoms in total. The lowest BCUT2D eigenvalue weighted by Gasteiger charge is -2.18. The van der Waals surface area contributed by atoms with Gasteiger partial charge in [-0.3, -0.25) is 4.79 Å². The minimum absolute atomic E-state index is 0.0561. The van der Waals surface area contributed by atoms with Crippen LogP contribution in [0.2, 0.25) is 0 Å². The summed E-state index contributed by atoms with van der Waals surface area (Å²) in [6.45, 7) is 4.28. The summed E-state index contributed by atoms with van der Waals surface area (Å²) in [7, 11) is 0. The molecule has 1 amide bonds. The summed E-state index contributed by atoms with van der Waals surface area (Å²) in [5.41, 5.74) is 5.38. The van der Waals surface area contributed by atoms with Crippen molar-refractivity contribution in [1.29, 1.82) is 0 Å². The predicted octanol–water partition coefficient (Wildman–Crippen LogP) is 1.03. The number of nitrogens with one attached hydrogen (secondary N) is 1. The van der Waals surface area contributed by atoms with Gasteiger partial charge >= 0.3 is 0 Å². The van der Waals surface area contributed by atoms with Gasteiger partial charge in [-0.15, -0.1) is 12.3 Å². The van der Waals surface area contributed by atoms with E-state index in [9.17, 15) is 4.79 Å². The van der Waals surface area contributed by atoms with Gasteiger partial charge in [0.05, 0.1) is 0 Å². The van der Waals surface area contributed by atoms with Crippen LogP contribution in [0.4, 0.5) is 0 Å². The maximum absolute atomic E-state index is 11.2. The topological polar surface area (TPSA) is 55.1 Å². The van der Waals surface area contributed by atoms with Crippen molar-refractivity contribution in [3.63, 3.8) is 0 Å². The molecule has 0 fully saturated rings. The monoisotopic (exact) mass is 196 g/mol. The molecule has 0 aliphatic rings. The van der Waals surface area contributed by atoms with Crippen molar-refractivity contribution in [3.05, 3.63) is 0 Å². The number of hydrogen-bond donors (Lipinski definition) is 2. The van der Waals surface area contributed by atoms with Crippen molar-refractivity contribution >= 4 is 5.91 Å². The number of unbranched alkanes of at least 4 members (excludes halogenated alkanes) is 2. The second-order valence-corrected chi connectivity index (χ2v) is 4.18. The number of hydrogen-bond acceptors (Lipinski definition) is 2. The van der Waals surface area contributed by atoms with E-state index in [0.29, 0.717) is 13.0 Å². The number of terminal acetylenes is 1. The molecule has 3 heteroatoms. The van der Waals surface area contributed by atoms with E-state index >= 15 is 0 Å². The van der Waals surface area contributed by atoms with E-state index in [1.54, 1.807) is 0 Å². The summed E-state index contributed by atoms with van der Waals surface area (Å²) in [5.74, 6) is 2.60. The second-order valence-electron chi connectivity index (χ2n) is 4.18. The third-order valence-electron chi connectivity index (χ3n) is 1.72. The summed E-state index contributed by atoms with van der Waals surface area (Å²) in [6.07, 6.45) is 8.14. The maximum Gasteiger partial charge on any atom is 0.220 e. The first-order valence-corrected chi connectivity index (χ1v) is 4.95. The number of rotatable bonds is 6. The molecule has 0 radical (unpaired) electrons. The molecule has 0 unspecified atom stereocenters. The van der Waals surface area contributed by atoms with Gasteiger partial charge in [0.15, 0.2) is 0 Å². The number of carbonyl (C=O) groups excluding carboxylic acids is 1. The van der Waals surface area contributed by atoms with Crippen LogP contribution in [0.1, 0.15) is 39.5 Å². The van der Waals surface area contributed by atoms with Crippen LogP contribution in [0.25, 0.3) is 0 Å². The highest BCUT2D eigenvalue weighted by atomic mass is 16.1. The fourth-order valence-electron chi connectivity index (χ4n) is 0.927. The number of carbonyl (C=O) groups is 1. The van der Waals surface area contributed by atoms with E-state index in [2.05, 4.69) is 11.2 Å². The first kappa shape index (κ1) is 13.0. The Bertz CT molecular complexity index is 210. The molecule has 0 rings (SSSR count). The Morgan fingerprint density at radius 1 is 1.50 bits per heavy atom. The van der Waals surface area contributed by atoms with E-state index in [0.717, 1.165) is 19.3 Å². The molecule has 0 aliphatic heterocycles. The fraction of sp³-hybridized carbons (Fsp3) is 0.727. The molecule has 0 saturated carbocycles. The normalized spacial score (nSPS) is 10.7. The molecular weight excluding hydrogens is 176 g/mol. The second kappa shape index (κ2) is 6.44. The molecule has 0 aromatic carbocycles. The zero-order valence-corrected chi connectivity index (χ0v) is 9.10. The minimum atomic E-state index is -0.339. The Hall–Kier alpha value is -1.01. The predicted molar refractivity (Wildman–Crippen MR) is 58.6 cm³/mol. The summed E-state index contributed by atoms with van der Waals surface area (Å²) >= 11 is 0. The Balaban J connectivity index is 3.43. The first-order chi connectivity index (χ1) is 6.45. The Morgan fingerprint density at radius 2 is 2.14 bits per heavy atom. The highest BCUT2D eigenvalue weighted by Crippen LogP contribution is 1.99. The minimum Gasteiger partial charge on any atom is -0.354 e. The van der Waals surface area contributed by atoms with Gasteiger partial charge < -0.3 is 11.1 Å². The smallest absolute Gasteiger partial charge is 0.220 e. The molecule has 80 valence electrons. The largest absolute Gasteiger partial charge is 0.354 e. The molecule has 0 aliphatic carbocycles. The summed E-state index contributed by atoms with van der Waals surface area (Å²) in [6, 6.07) is 0. The number of nitrogens with two attached hydrogens (primary N) is 1. The van der Waals surface area contributed by atoms with Crippen LogP contribution in [0.15, 0.2) is 0 Å². The van der Waals surface area contributed by atoms with E-state index in [4.69, 9.17) is 12.2 Å². The lowest BCUT2D eigenvalue weighted by atomic mass is 10.1. The summed E-state index contributed by atoms with van der Waals surface area (Å²) in [4.78, 5) is 11.2. The highest BCUT2D eigenvalue weighted by Gasteiger charge is 2.11. The third-order valence-corrected chi connectivity index (χ3v) is 1.72. The Labute approximate surface area is 86.4 Å². The molecule has 0 spiro atoms. The van der Waals surface area contributed by atoms with E-state index in [1.807, 2.05) is 13.8 Å². The molecule has 0 heterocycles. The maximum atomic E-state index is 11.2. The molecule has 3 N–H and O–H groups in total. The van der Waals surface area contributed by atoms with Gasteiger partial charge in [0.25, 0.3) is 0 Å². The van der Waals surface area contributed by atoms with Crippen LogP contribution < -0.4 is 11.1 Å². The van der Waals surface area contributed by atoms with Gasteiger partial charge in [0, 0.05) is 24.9 Å². The zero-order valence-electron chi connectivity index (χ0n) is 9.10. The van der Waals surface area contributed by atoms with E-state index < -0.39 is 0 Å². The molecule has 0 aromatic rings. The summed E-state index contributed by atoms with van der Waals surface area (Å²) < 4.78 is 0. The molecule has 0 aromatic heterocycles. The van der Waals surface area contributed by atoms with Crippen LogP contribution in [-0.2, 0) is 4.79 Å². The lowest BCUT2D eigenvalue weighted by molar-refractivity contribution is -0.121. The molecule has 0 atom stereocenters. The molecule has 0 saturated heterocycles. The van der Waals surface area contributed by atoms with Crippen molar-refractivity contribution in [2.75, 3.05) is 6.54 Å². The van der Waals surface area contributed by atoms with Gasteiger partial charge in [0.1, 0.15) is 0 Å². The Kier molecular flexibility index (Phi) is 5.98. The molecule has 14 heavy (non-hydrogen) atoms. The van der Waals surface area contributed by atoms with Crippen molar-refractivity contribution in [1.82, 2.24) is 5.32 Å². The standard InChI is InChI=1S/C11H20N2O/c1-4-5-6-7-8-10(14)13-9-11(2,3)12/h1H,5-9,12H2,2-3H3,(H,13,14). The quantitative estimate of drug-likeness (QED) is 0.492. The van der Waals surface area contributed by atoms with Crippen LogP contribution in [0.5, 0.6) is 0 Å². The van der Waals surface area contributed by atoms with Crippen molar-refractivity contribution in [2.24, 2.45) is 5.73 Å². The average molecular weight is 196 g/mol. The summed E-state index contributed by atoms with van der Waals surface area (Å²) in [5, 5.41) is 2.78. The molecular formula is C11H20N2O. The van der Waals surface area contributed by atoms with Gasteiger partial charge in [-0.05, 0) is 26.7 Å². The highest BCUT2D eigenvalue weighted by molar-refractivity contribution is 5.75. The number of amides is 1. The van der Waals surface area contributed by atoms with Crippen LogP contribution in [0.3, 0.4) is 0 Å². The van der Waals surface area contributed by atoms with Crippen molar-refractivity contribution < 1.29 is 4.79 Å². The van der Waals surface area contributed by atoms with Gasteiger partial charge in [0.2, 0.25) is 5.91 Å². The van der Waals surface area contributed by atoms with Gasteiger partial charge in [-0.25, -0.2) is 0 Å².